The zero-order chi connectivity index (χ0) is 10.8. The number of aliphatic hydroxyl groups is 1. The summed E-state index contributed by atoms with van der Waals surface area (Å²) < 4.78 is 1.63. The Morgan fingerprint density at radius 3 is 2.71 bits per heavy atom. The highest BCUT2D eigenvalue weighted by atomic mass is 16.3. The number of nitrogens with zero attached hydrogens (tertiary/aromatic N) is 1. The molecule has 0 radical (unpaired) electrons. The van der Waals surface area contributed by atoms with E-state index in [1.54, 1.807) is 37.6 Å². The summed E-state index contributed by atoms with van der Waals surface area (Å²) in [6.45, 7) is 5.84. The Morgan fingerprint density at radius 1 is 1.50 bits per heavy atom. The third-order valence-corrected chi connectivity index (χ3v) is 2.17. The summed E-state index contributed by atoms with van der Waals surface area (Å²) >= 11 is 0. The summed E-state index contributed by atoms with van der Waals surface area (Å²) in [6.07, 6.45) is 2.33. The Bertz CT molecular complexity index is 360. The second-order valence-corrected chi connectivity index (χ2v) is 4.25. The van der Waals surface area contributed by atoms with Crippen LogP contribution in [0.5, 0.6) is 0 Å². The molecule has 14 heavy (non-hydrogen) atoms. The number of hydrogen-bond donors (Lipinski definition) is 1. The molecule has 1 heterocycles. The number of aromatic nitrogens is 1. The van der Waals surface area contributed by atoms with Crippen molar-refractivity contribution in [2.24, 2.45) is 0 Å². The molecule has 0 atom stereocenters. The van der Waals surface area contributed by atoms with Crippen molar-refractivity contribution in [1.82, 2.24) is 4.57 Å². The van der Waals surface area contributed by atoms with Crippen molar-refractivity contribution in [1.29, 1.82) is 0 Å². The second kappa shape index (κ2) is 3.96. The highest BCUT2D eigenvalue weighted by molar-refractivity contribution is 5.07. The van der Waals surface area contributed by atoms with Gasteiger partial charge in [-0.05, 0) is 33.3 Å². The van der Waals surface area contributed by atoms with Gasteiger partial charge >= 0.3 is 0 Å². The van der Waals surface area contributed by atoms with Gasteiger partial charge in [0, 0.05) is 18.3 Å². The number of rotatable bonds is 3. The average Bonchev–Trinajstić information content (AvgIpc) is 2.06. The lowest BCUT2D eigenvalue weighted by Gasteiger charge is -2.17. The van der Waals surface area contributed by atoms with Crippen molar-refractivity contribution in [3.8, 4) is 0 Å². The van der Waals surface area contributed by atoms with Gasteiger partial charge in [0.15, 0.2) is 0 Å². The van der Waals surface area contributed by atoms with E-state index in [2.05, 4.69) is 0 Å². The van der Waals surface area contributed by atoms with E-state index in [1.807, 2.05) is 6.07 Å². The first-order chi connectivity index (χ1) is 6.40. The summed E-state index contributed by atoms with van der Waals surface area (Å²) in [7, 11) is 0. The molecule has 1 rings (SSSR count). The summed E-state index contributed by atoms with van der Waals surface area (Å²) in [6, 6.07) is 3.64. The van der Waals surface area contributed by atoms with Crippen molar-refractivity contribution in [3.63, 3.8) is 0 Å². The summed E-state index contributed by atoms with van der Waals surface area (Å²) in [4.78, 5) is 11.6. The maximum absolute atomic E-state index is 11.6. The van der Waals surface area contributed by atoms with Crippen LogP contribution in [0.4, 0.5) is 0 Å². The van der Waals surface area contributed by atoms with E-state index in [1.165, 1.54) is 0 Å². The number of pyridine rings is 1. The molecule has 0 aliphatic rings. The van der Waals surface area contributed by atoms with Crippen LogP contribution in [-0.4, -0.2) is 15.3 Å². The number of hydrogen-bond acceptors (Lipinski definition) is 2. The molecule has 1 aromatic rings. The van der Waals surface area contributed by atoms with Gasteiger partial charge in [0.25, 0.3) is 5.56 Å². The van der Waals surface area contributed by atoms with Crippen LogP contribution < -0.4 is 5.56 Å². The van der Waals surface area contributed by atoms with Crippen LogP contribution in [0.1, 0.15) is 25.8 Å². The van der Waals surface area contributed by atoms with Gasteiger partial charge in [-0.2, -0.15) is 0 Å². The maximum Gasteiger partial charge on any atom is 0.253 e. The largest absolute Gasteiger partial charge is 0.390 e. The Labute approximate surface area is 84.0 Å². The number of aryl methyl sites for hydroxylation is 2. The molecule has 0 aliphatic heterocycles. The molecule has 0 bridgehead atoms. The van der Waals surface area contributed by atoms with Gasteiger partial charge in [-0.15, -0.1) is 0 Å². The van der Waals surface area contributed by atoms with E-state index in [0.717, 1.165) is 5.56 Å². The predicted molar refractivity (Wildman–Crippen MR) is 56.4 cm³/mol. The highest BCUT2D eigenvalue weighted by Gasteiger charge is 2.12. The summed E-state index contributed by atoms with van der Waals surface area (Å²) in [5, 5.41) is 9.52. The Hall–Kier alpha value is -1.09. The molecule has 0 aliphatic carbocycles. The molecule has 0 amide bonds. The molecule has 0 saturated heterocycles. The third-order valence-electron chi connectivity index (χ3n) is 2.17. The van der Waals surface area contributed by atoms with Gasteiger partial charge < -0.3 is 9.67 Å². The zero-order valence-electron chi connectivity index (χ0n) is 8.95. The minimum absolute atomic E-state index is 0.0248. The lowest BCUT2D eigenvalue weighted by atomic mass is 10.1. The first kappa shape index (κ1) is 11.0. The quantitative estimate of drug-likeness (QED) is 0.790. The minimum atomic E-state index is -0.719. The van der Waals surface area contributed by atoms with Crippen molar-refractivity contribution in [2.75, 3.05) is 0 Å². The maximum atomic E-state index is 11.6. The van der Waals surface area contributed by atoms with Gasteiger partial charge in [-0.3, -0.25) is 4.79 Å². The van der Waals surface area contributed by atoms with Crippen LogP contribution in [0.15, 0.2) is 23.1 Å². The molecule has 0 spiro atoms. The highest BCUT2D eigenvalue weighted by Crippen LogP contribution is 2.07. The Balaban J connectivity index is 2.78. The van der Waals surface area contributed by atoms with Crippen LogP contribution in [0, 0.1) is 6.92 Å². The van der Waals surface area contributed by atoms with Crippen LogP contribution in [-0.2, 0) is 6.54 Å². The Morgan fingerprint density at radius 2 is 2.14 bits per heavy atom. The van der Waals surface area contributed by atoms with Crippen LogP contribution in [0.25, 0.3) is 0 Å². The van der Waals surface area contributed by atoms with E-state index in [9.17, 15) is 9.90 Å². The van der Waals surface area contributed by atoms with E-state index in [4.69, 9.17) is 0 Å². The normalized spacial score (nSPS) is 11.7. The van der Waals surface area contributed by atoms with Crippen LogP contribution in [0.3, 0.4) is 0 Å². The second-order valence-electron chi connectivity index (χ2n) is 4.25. The molecule has 3 heteroatoms. The van der Waals surface area contributed by atoms with Crippen molar-refractivity contribution >= 4 is 0 Å². The van der Waals surface area contributed by atoms with Crippen LogP contribution in [0.2, 0.25) is 0 Å². The Kier molecular flexibility index (Phi) is 3.11. The minimum Gasteiger partial charge on any atom is -0.390 e. The molecule has 78 valence electrons. The lowest BCUT2D eigenvalue weighted by Crippen LogP contribution is -2.27. The molecule has 1 N–H and O–H groups in total. The van der Waals surface area contributed by atoms with Crippen LogP contribution >= 0.6 is 0 Å². The molecule has 0 fully saturated rings. The van der Waals surface area contributed by atoms with Gasteiger partial charge in [0.2, 0.25) is 0 Å². The van der Waals surface area contributed by atoms with E-state index >= 15 is 0 Å². The lowest BCUT2D eigenvalue weighted by molar-refractivity contribution is 0.0659. The first-order valence-electron chi connectivity index (χ1n) is 4.78. The molecule has 1 aromatic heterocycles. The van der Waals surface area contributed by atoms with Gasteiger partial charge in [0.1, 0.15) is 0 Å². The van der Waals surface area contributed by atoms with Crippen molar-refractivity contribution in [3.05, 3.63) is 34.2 Å². The van der Waals surface area contributed by atoms with Gasteiger partial charge in [-0.25, -0.2) is 0 Å². The fourth-order valence-corrected chi connectivity index (χ4v) is 1.23. The van der Waals surface area contributed by atoms with Gasteiger partial charge in [0.05, 0.1) is 5.60 Å². The molecular formula is C11H17NO2. The van der Waals surface area contributed by atoms with Crippen molar-refractivity contribution < 1.29 is 5.11 Å². The van der Waals surface area contributed by atoms with E-state index in [-0.39, 0.29) is 5.56 Å². The van der Waals surface area contributed by atoms with Crippen molar-refractivity contribution in [2.45, 2.75) is 39.3 Å². The van der Waals surface area contributed by atoms with E-state index < -0.39 is 5.60 Å². The molecule has 0 aromatic carbocycles. The first-order valence-corrected chi connectivity index (χ1v) is 4.78. The fourth-order valence-electron chi connectivity index (χ4n) is 1.23. The monoisotopic (exact) mass is 195 g/mol. The molecular weight excluding hydrogens is 178 g/mol. The SMILES string of the molecule is Cc1cccn(CCC(C)(C)O)c1=O. The zero-order valence-corrected chi connectivity index (χ0v) is 8.95. The molecule has 0 saturated carbocycles. The standard InChI is InChI=1S/C11H17NO2/c1-9-5-4-7-12(10(9)13)8-6-11(2,3)14/h4-5,7,14H,6,8H2,1-3H3. The topological polar surface area (TPSA) is 42.2 Å². The summed E-state index contributed by atoms with van der Waals surface area (Å²) in [5.74, 6) is 0. The molecule has 0 unspecified atom stereocenters. The van der Waals surface area contributed by atoms with E-state index in [0.29, 0.717) is 13.0 Å². The van der Waals surface area contributed by atoms with Gasteiger partial charge in [-0.1, -0.05) is 6.07 Å². The summed E-state index contributed by atoms with van der Waals surface area (Å²) in [5.41, 5.74) is 0.0448. The fraction of sp³-hybridized carbons (Fsp3) is 0.545. The average molecular weight is 195 g/mol. The smallest absolute Gasteiger partial charge is 0.253 e. The predicted octanol–water partition coefficient (Wildman–Crippen LogP) is 1.32. The molecule has 3 nitrogen and oxygen atoms in total. The third kappa shape index (κ3) is 3.00.